The Morgan fingerprint density at radius 1 is 1.25 bits per heavy atom. The van der Waals surface area contributed by atoms with Crippen molar-refractivity contribution in [2.24, 2.45) is 0 Å². The van der Waals surface area contributed by atoms with Crippen molar-refractivity contribution in [3.63, 3.8) is 0 Å². The van der Waals surface area contributed by atoms with Crippen molar-refractivity contribution >= 4 is 5.82 Å². The molecule has 0 unspecified atom stereocenters. The van der Waals surface area contributed by atoms with Crippen LogP contribution in [0.4, 0.5) is 5.82 Å². The van der Waals surface area contributed by atoms with Gasteiger partial charge >= 0.3 is 0 Å². The summed E-state index contributed by atoms with van der Waals surface area (Å²) < 4.78 is 0. The van der Waals surface area contributed by atoms with E-state index in [0.29, 0.717) is 6.04 Å². The first kappa shape index (κ1) is 12.9. The average Bonchev–Trinajstić information content (AvgIpc) is 2.23. The van der Waals surface area contributed by atoms with Crippen LogP contribution in [0.5, 0.6) is 0 Å². The molecule has 4 heteroatoms. The van der Waals surface area contributed by atoms with Gasteiger partial charge in [-0.25, -0.2) is 9.97 Å². The maximum absolute atomic E-state index is 4.35. The summed E-state index contributed by atoms with van der Waals surface area (Å²) in [6, 6.07) is 2.54. The molecule has 0 bridgehead atoms. The summed E-state index contributed by atoms with van der Waals surface area (Å²) in [7, 11) is 0. The lowest BCUT2D eigenvalue weighted by Crippen LogP contribution is -2.28. The Morgan fingerprint density at radius 2 is 2.00 bits per heavy atom. The maximum atomic E-state index is 4.35. The van der Waals surface area contributed by atoms with Crippen molar-refractivity contribution in [1.29, 1.82) is 0 Å². The molecule has 90 valence electrons. The van der Waals surface area contributed by atoms with Crippen LogP contribution < -0.4 is 10.6 Å². The zero-order valence-electron chi connectivity index (χ0n) is 10.7. The second kappa shape index (κ2) is 6.43. The fraction of sp³-hybridized carbons (Fsp3) is 0.667. The highest BCUT2D eigenvalue weighted by Gasteiger charge is 1.99. The minimum absolute atomic E-state index is 0.528. The largest absolute Gasteiger partial charge is 0.369 e. The molecule has 0 atom stereocenters. The van der Waals surface area contributed by atoms with Crippen LogP contribution in [0.25, 0.3) is 0 Å². The lowest BCUT2D eigenvalue weighted by molar-refractivity contribution is 0.602. The van der Waals surface area contributed by atoms with Crippen molar-refractivity contribution in [3.05, 3.63) is 17.6 Å². The smallest absolute Gasteiger partial charge is 0.129 e. The van der Waals surface area contributed by atoms with E-state index < -0.39 is 0 Å². The highest BCUT2D eigenvalue weighted by Crippen LogP contribution is 2.06. The third-order valence-electron chi connectivity index (χ3n) is 2.24. The van der Waals surface area contributed by atoms with Crippen LogP contribution >= 0.6 is 0 Å². The summed E-state index contributed by atoms with van der Waals surface area (Å²) in [4.78, 5) is 8.69. The Labute approximate surface area is 97.9 Å². The van der Waals surface area contributed by atoms with Crippen LogP contribution in [-0.4, -0.2) is 29.1 Å². The van der Waals surface area contributed by atoms with E-state index in [0.717, 1.165) is 36.8 Å². The summed E-state index contributed by atoms with van der Waals surface area (Å²) in [6.45, 7) is 10.1. The Bertz CT molecular complexity index is 323. The topological polar surface area (TPSA) is 49.8 Å². The van der Waals surface area contributed by atoms with Gasteiger partial charge in [0.2, 0.25) is 0 Å². The van der Waals surface area contributed by atoms with Crippen LogP contribution in [-0.2, 0) is 6.42 Å². The lowest BCUT2D eigenvalue weighted by atomic mass is 10.3. The van der Waals surface area contributed by atoms with Gasteiger partial charge < -0.3 is 10.6 Å². The van der Waals surface area contributed by atoms with Crippen LogP contribution in [0.3, 0.4) is 0 Å². The number of hydrogen-bond acceptors (Lipinski definition) is 4. The molecule has 1 aromatic rings. The van der Waals surface area contributed by atoms with Gasteiger partial charge in [0.25, 0.3) is 0 Å². The summed E-state index contributed by atoms with van der Waals surface area (Å²) in [5, 5.41) is 6.65. The predicted molar refractivity (Wildman–Crippen MR) is 67.8 cm³/mol. The molecule has 0 saturated heterocycles. The summed E-state index contributed by atoms with van der Waals surface area (Å²) >= 11 is 0. The van der Waals surface area contributed by atoms with Gasteiger partial charge in [-0.3, -0.25) is 0 Å². The first-order valence-corrected chi connectivity index (χ1v) is 5.93. The van der Waals surface area contributed by atoms with Crippen molar-refractivity contribution in [3.8, 4) is 0 Å². The molecule has 0 radical (unpaired) electrons. The Hall–Kier alpha value is -1.16. The van der Waals surface area contributed by atoms with Crippen LogP contribution in [0.1, 0.15) is 32.3 Å². The van der Waals surface area contributed by atoms with E-state index in [4.69, 9.17) is 0 Å². The van der Waals surface area contributed by atoms with Gasteiger partial charge in [0.1, 0.15) is 11.6 Å². The summed E-state index contributed by atoms with van der Waals surface area (Å²) in [5.41, 5.74) is 1.09. The quantitative estimate of drug-likeness (QED) is 0.720. The summed E-state index contributed by atoms with van der Waals surface area (Å²) in [6.07, 6.45) is 0.947. The van der Waals surface area contributed by atoms with Gasteiger partial charge in [-0.15, -0.1) is 0 Å². The third kappa shape index (κ3) is 4.57. The molecule has 16 heavy (non-hydrogen) atoms. The average molecular weight is 222 g/mol. The molecule has 1 heterocycles. The van der Waals surface area contributed by atoms with E-state index in [1.165, 1.54) is 0 Å². The normalized spacial score (nSPS) is 10.8. The van der Waals surface area contributed by atoms with Gasteiger partial charge in [0.05, 0.1) is 0 Å². The van der Waals surface area contributed by atoms with Crippen LogP contribution in [0, 0.1) is 6.92 Å². The molecule has 4 nitrogen and oxygen atoms in total. The van der Waals surface area contributed by atoms with Crippen molar-refractivity contribution < 1.29 is 0 Å². The Kier molecular flexibility index (Phi) is 5.19. The van der Waals surface area contributed by atoms with E-state index >= 15 is 0 Å². The highest BCUT2D eigenvalue weighted by molar-refractivity contribution is 5.35. The molecule has 0 amide bonds. The van der Waals surface area contributed by atoms with E-state index in [2.05, 4.69) is 41.4 Å². The Morgan fingerprint density at radius 3 is 2.62 bits per heavy atom. The number of rotatable bonds is 6. The minimum atomic E-state index is 0.528. The first-order chi connectivity index (χ1) is 7.61. The molecule has 2 N–H and O–H groups in total. The van der Waals surface area contributed by atoms with Crippen LogP contribution in [0.15, 0.2) is 6.07 Å². The summed E-state index contributed by atoms with van der Waals surface area (Å²) in [5.74, 6) is 1.76. The predicted octanol–water partition coefficient (Wildman–Crippen LogP) is 1.76. The lowest BCUT2D eigenvalue weighted by Gasteiger charge is -2.10. The molecule has 0 spiro atoms. The molecular formula is C12H22N4. The van der Waals surface area contributed by atoms with Crippen molar-refractivity contribution in [2.45, 2.75) is 40.2 Å². The molecule has 0 aliphatic carbocycles. The van der Waals surface area contributed by atoms with Crippen molar-refractivity contribution in [2.75, 3.05) is 18.4 Å². The van der Waals surface area contributed by atoms with Crippen molar-refractivity contribution in [1.82, 2.24) is 15.3 Å². The van der Waals surface area contributed by atoms with E-state index in [-0.39, 0.29) is 0 Å². The van der Waals surface area contributed by atoms with Gasteiger partial charge in [-0.1, -0.05) is 20.8 Å². The standard InChI is InChI=1S/C12H22N4/c1-5-11-8-12(16-10(4)15-11)14-7-6-13-9(2)3/h8-9,13H,5-7H2,1-4H3,(H,14,15,16). The van der Waals surface area contributed by atoms with Crippen LogP contribution in [0.2, 0.25) is 0 Å². The van der Waals surface area contributed by atoms with Gasteiger partial charge in [0, 0.05) is 30.9 Å². The monoisotopic (exact) mass is 222 g/mol. The highest BCUT2D eigenvalue weighted by atomic mass is 15.0. The minimum Gasteiger partial charge on any atom is -0.369 e. The van der Waals surface area contributed by atoms with E-state index in [1.807, 2.05) is 13.0 Å². The van der Waals surface area contributed by atoms with Gasteiger partial charge in [0.15, 0.2) is 0 Å². The molecule has 0 aliphatic heterocycles. The fourth-order valence-corrected chi connectivity index (χ4v) is 1.45. The molecule has 0 aromatic carbocycles. The Balaban J connectivity index is 2.44. The number of hydrogen-bond donors (Lipinski definition) is 2. The fourth-order valence-electron chi connectivity index (χ4n) is 1.45. The SMILES string of the molecule is CCc1cc(NCCNC(C)C)nc(C)n1. The third-order valence-corrected chi connectivity index (χ3v) is 2.24. The second-order valence-electron chi connectivity index (χ2n) is 4.18. The first-order valence-electron chi connectivity index (χ1n) is 5.93. The molecule has 1 aromatic heterocycles. The number of anilines is 1. The second-order valence-corrected chi connectivity index (χ2v) is 4.18. The number of aromatic nitrogens is 2. The molecular weight excluding hydrogens is 200 g/mol. The molecule has 0 saturated carbocycles. The maximum Gasteiger partial charge on any atom is 0.129 e. The number of aryl methyl sites for hydroxylation is 2. The molecule has 0 fully saturated rings. The number of nitrogens with one attached hydrogen (secondary N) is 2. The van der Waals surface area contributed by atoms with E-state index in [1.54, 1.807) is 0 Å². The number of nitrogens with zero attached hydrogens (tertiary/aromatic N) is 2. The van der Waals surface area contributed by atoms with Gasteiger partial charge in [-0.05, 0) is 13.3 Å². The van der Waals surface area contributed by atoms with Gasteiger partial charge in [-0.2, -0.15) is 0 Å². The zero-order chi connectivity index (χ0) is 12.0. The molecule has 0 aliphatic rings. The zero-order valence-corrected chi connectivity index (χ0v) is 10.7. The van der Waals surface area contributed by atoms with E-state index in [9.17, 15) is 0 Å². The molecule has 1 rings (SSSR count).